The summed E-state index contributed by atoms with van der Waals surface area (Å²) < 4.78 is 0. The van der Waals surface area contributed by atoms with Gasteiger partial charge in [0.1, 0.15) is 18.3 Å². The fourth-order valence-electron chi connectivity index (χ4n) is 0.872. The van der Waals surface area contributed by atoms with E-state index in [1.807, 2.05) is 0 Å². The van der Waals surface area contributed by atoms with Crippen molar-refractivity contribution in [3.05, 3.63) is 0 Å². The highest BCUT2D eigenvalue weighted by Gasteiger charge is 2.34. The first kappa shape index (κ1) is 14.6. The van der Waals surface area contributed by atoms with Gasteiger partial charge in [0.25, 0.3) is 5.91 Å². The summed E-state index contributed by atoms with van der Waals surface area (Å²) in [5.74, 6) is -2.00. The van der Waals surface area contributed by atoms with Gasteiger partial charge in [0.15, 0.2) is 12.4 Å². The summed E-state index contributed by atoms with van der Waals surface area (Å²) in [5, 5.41) is 37.9. The smallest absolute Gasteiger partial charge is 0.258 e. The van der Waals surface area contributed by atoms with Gasteiger partial charge in [-0.05, 0) is 0 Å². The molecule has 0 saturated carbocycles. The molecule has 2 amide bonds. The third-order valence-corrected chi connectivity index (χ3v) is 1.73. The Morgan fingerprint density at radius 3 is 2.00 bits per heavy atom. The lowest BCUT2D eigenvalue weighted by atomic mass is 10.0. The first-order chi connectivity index (χ1) is 7.31. The zero-order valence-corrected chi connectivity index (χ0v) is 8.40. The molecule has 0 rings (SSSR count). The van der Waals surface area contributed by atoms with E-state index in [2.05, 4.69) is 0 Å². The average Bonchev–Trinajstić information content (AvgIpc) is 2.23. The van der Waals surface area contributed by atoms with Crippen LogP contribution in [0, 0.1) is 0 Å². The van der Waals surface area contributed by atoms with E-state index in [1.54, 1.807) is 5.32 Å². The number of rotatable bonds is 5. The Morgan fingerprint density at radius 1 is 1.12 bits per heavy atom. The van der Waals surface area contributed by atoms with E-state index < -0.39 is 36.2 Å². The van der Waals surface area contributed by atoms with Gasteiger partial charge in [-0.25, -0.2) is 0 Å². The van der Waals surface area contributed by atoms with Crippen LogP contribution in [0.25, 0.3) is 0 Å². The maximum Gasteiger partial charge on any atom is 0.258 e. The predicted molar refractivity (Wildman–Crippen MR) is 48.9 cm³/mol. The minimum Gasteiger partial charge on any atom is -0.387 e. The molecule has 0 aromatic heterocycles. The lowest BCUT2D eigenvalue weighted by Crippen LogP contribution is -2.51. The second-order valence-corrected chi connectivity index (χ2v) is 3.10. The molecule has 8 heteroatoms. The Kier molecular flexibility index (Phi) is 5.75. The van der Waals surface area contributed by atoms with Gasteiger partial charge in [-0.1, -0.05) is 0 Å². The Bertz CT molecular complexity index is 280. The number of hydrogen-bond acceptors (Lipinski definition) is 7. The van der Waals surface area contributed by atoms with E-state index in [4.69, 9.17) is 15.3 Å². The second-order valence-electron chi connectivity index (χ2n) is 3.10. The standard InChI is InChI=1S/C8H13NO7/c1-3(11)9-8(16)7(15)6(14)5(13)4(12)2-10/h2,4-7,12-15H,1H3,(H,9,11,16)/t4-,5+,6+,7-/m0/s1. The maximum absolute atomic E-state index is 11.0. The zero-order chi connectivity index (χ0) is 12.9. The summed E-state index contributed by atoms with van der Waals surface area (Å²) in [7, 11) is 0. The van der Waals surface area contributed by atoms with Gasteiger partial charge >= 0.3 is 0 Å². The molecule has 92 valence electrons. The van der Waals surface area contributed by atoms with Crippen molar-refractivity contribution in [3.8, 4) is 0 Å². The maximum atomic E-state index is 11.0. The van der Waals surface area contributed by atoms with Crippen molar-refractivity contribution in [2.45, 2.75) is 31.3 Å². The number of carbonyl (C=O) groups excluding carboxylic acids is 3. The molecule has 0 aliphatic carbocycles. The molecule has 0 aromatic rings. The molecule has 0 radical (unpaired) electrons. The normalized spacial score (nSPS) is 18.1. The van der Waals surface area contributed by atoms with E-state index >= 15 is 0 Å². The minimum atomic E-state index is -2.13. The third kappa shape index (κ3) is 4.03. The number of nitrogens with one attached hydrogen (secondary N) is 1. The van der Waals surface area contributed by atoms with Crippen molar-refractivity contribution in [1.82, 2.24) is 5.32 Å². The molecule has 0 bridgehead atoms. The number of amides is 2. The molecule has 0 spiro atoms. The summed E-state index contributed by atoms with van der Waals surface area (Å²) in [6, 6.07) is 0. The molecule has 8 nitrogen and oxygen atoms in total. The quantitative estimate of drug-likeness (QED) is 0.308. The minimum absolute atomic E-state index is 0.0660. The van der Waals surface area contributed by atoms with Crippen LogP contribution in [0.4, 0.5) is 0 Å². The zero-order valence-electron chi connectivity index (χ0n) is 8.40. The molecule has 0 aliphatic rings. The number of aliphatic hydroxyl groups is 4. The topological polar surface area (TPSA) is 144 Å². The van der Waals surface area contributed by atoms with E-state index in [1.165, 1.54) is 0 Å². The summed E-state index contributed by atoms with van der Waals surface area (Å²) >= 11 is 0. The lowest BCUT2D eigenvalue weighted by molar-refractivity contribution is -0.151. The van der Waals surface area contributed by atoms with Gasteiger partial charge < -0.3 is 25.2 Å². The fraction of sp³-hybridized carbons (Fsp3) is 0.625. The Labute approximate surface area is 90.5 Å². The molecule has 0 aromatic carbocycles. The molecule has 4 atom stereocenters. The lowest BCUT2D eigenvalue weighted by Gasteiger charge is -2.22. The second kappa shape index (κ2) is 6.28. The monoisotopic (exact) mass is 235 g/mol. The average molecular weight is 235 g/mol. The van der Waals surface area contributed by atoms with Gasteiger partial charge in [-0.2, -0.15) is 0 Å². The highest BCUT2D eigenvalue weighted by atomic mass is 16.4. The van der Waals surface area contributed by atoms with Crippen LogP contribution in [0.5, 0.6) is 0 Å². The van der Waals surface area contributed by atoms with Crippen LogP contribution >= 0.6 is 0 Å². The Morgan fingerprint density at radius 2 is 1.62 bits per heavy atom. The largest absolute Gasteiger partial charge is 0.387 e. The van der Waals surface area contributed by atoms with E-state index in [9.17, 15) is 19.5 Å². The van der Waals surface area contributed by atoms with Gasteiger partial charge in [-0.15, -0.1) is 0 Å². The number of hydrogen-bond donors (Lipinski definition) is 5. The molecule has 0 aliphatic heterocycles. The first-order valence-electron chi connectivity index (χ1n) is 4.30. The van der Waals surface area contributed by atoms with E-state index in [0.29, 0.717) is 0 Å². The van der Waals surface area contributed by atoms with Crippen molar-refractivity contribution < 1.29 is 34.8 Å². The molecule has 0 saturated heterocycles. The summed E-state index contributed by atoms with van der Waals surface area (Å²) in [6.45, 7) is 1.01. The van der Waals surface area contributed by atoms with Crippen molar-refractivity contribution in [2.24, 2.45) is 0 Å². The Hall–Kier alpha value is -1.35. The van der Waals surface area contributed by atoms with Crippen LogP contribution in [0.2, 0.25) is 0 Å². The summed E-state index contributed by atoms with van der Waals surface area (Å²) in [4.78, 5) is 31.5. The highest BCUT2D eigenvalue weighted by molar-refractivity contribution is 5.96. The van der Waals surface area contributed by atoms with Crippen LogP contribution in [0.15, 0.2) is 0 Å². The molecule has 0 heterocycles. The van der Waals surface area contributed by atoms with Crippen molar-refractivity contribution in [2.75, 3.05) is 0 Å². The molecule has 0 fully saturated rings. The molecule has 16 heavy (non-hydrogen) atoms. The van der Waals surface area contributed by atoms with Crippen LogP contribution in [-0.4, -0.2) is 62.9 Å². The number of aliphatic hydroxyl groups excluding tert-OH is 4. The van der Waals surface area contributed by atoms with Crippen LogP contribution in [0.1, 0.15) is 6.92 Å². The van der Waals surface area contributed by atoms with Gasteiger partial charge in [-0.3, -0.25) is 14.9 Å². The van der Waals surface area contributed by atoms with Gasteiger partial charge in [0, 0.05) is 6.92 Å². The molecular formula is C8H13NO7. The van der Waals surface area contributed by atoms with Gasteiger partial charge in [0.05, 0.1) is 0 Å². The summed E-state index contributed by atoms with van der Waals surface area (Å²) in [6.07, 6.45) is -8.24. The van der Waals surface area contributed by atoms with Gasteiger partial charge in [0.2, 0.25) is 5.91 Å². The third-order valence-electron chi connectivity index (χ3n) is 1.73. The number of aldehydes is 1. The van der Waals surface area contributed by atoms with Crippen LogP contribution < -0.4 is 5.32 Å². The highest BCUT2D eigenvalue weighted by Crippen LogP contribution is 2.04. The molecule has 0 unspecified atom stereocenters. The van der Waals surface area contributed by atoms with E-state index in [0.717, 1.165) is 6.92 Å². The first-order valence-corrected chi connectivity index (χ1v) is 4.30. The van der Waals surface area contributed by atoms with Crippen molar-refractivity contribution >= 4 is 18.1 Å². The van der Waals surface area contributed by atoms with E-state index in [-0.39, 0.29) is 6.29 Å². The summed E-state index contributed by atoms with van der Waals surface area (Å²) in [5.41, 5.74) is 0. The molecule has 5 N–H and O–H groups in total. The predicted octanol–water partition coefficient (Wildman–Crippen LogP) is -3.71. The molecular weight excluding hydrogens is 222 g/mol. The number of carbonyl (C=O) groups is 3. The number of imide groups is 1. The SMILES string of the molecule is CC(=O)NC(=O)[C@@H](O)[C@H](O)[C@H](O)[C@@H](O)C=O. The van der Waals surface area contributed by atoms with Crippen LogP contribution in [-0.2, 0) is 14.4 Å². The fourth-order valence-corrected chi connectivity index (χ4v) is 0.872. The Balaban J connectivity index is 4.47. The van der Waals surface area contributed by atoms with Crippen molar-refractivity contribution in [1.29, 1.82) is 0 Å². The van der Waals surface area contributed by atoms with Crippen molar-refractivity contribution in [3.63, 3.8) is 0 Å². The van der Waals surface area contributed by atoms with Crippen LogP contribution in [0.3, 0.4) is 0 Å².